The largest absolute Gasteiger partial charge is 0.466 e. The Hall–Kier alpha value is -2.93. The molecule has 3 heterocycles. The summed E-state index contributed by atoms with van der Waals surface area (Å²) >= 11 is 1.46. The molecule has 25 heavy (non-hydrogen) atoms. The highest BCUT2D eigenvalue weighted by atomic mass is 32.1. The molecule has 4 aromatic rings. The molecule has 1 N–H and O–H groups in total. The standard InChI is InChI=1S/C18H14FN3O2S/c1-10-9-14(11(2)24-10)17(23)21-16-15(12-3-5-13(19)6-4-12)20-18-22(16)7-8-25-18/h3-9H,1-2H3,(H,21,23). The van der Waals surface area contributed by atoms with Crippen molar-refractivity contribution in [3.05, 3.63) is 64.8 Å². The van der Waals surface area contributed by atoms with Gasteiger partial charge in [0.25, 0.3) is 5.91 Å². The molecule has 126 valence electrons. The van der Waals surface area contributed by atoms with E-state index in [1.807, 2.05) is 16.0 Å². The smallest absolute Gasteiger partial charge is 0.260 e. The van der Waals surface area contributed by atoms with Crippen molar-refractivity contribution in [3.8, 4) is 11.3 Å². The number of benzene rings is 1. The van der Waals surface area contributed by atoms with Crippen LogP contribution in [0.5, 0.6) is 0 Å². The number of hydrogen-bond acceptors (Lipinski definition) is 4. The van der Waals surface area contributed by atoms with Gasteiger partial charge in [0.1, 0.15) is 28.8 Å². The maximum Gasteiger partial charge on any atom is 0.260 e. The number of fused-ring (bicyclic) bond motifs is 1. The predicted octanol–water partition coefficient (Wildman–Crippen LogP) is 4.66. The summed E-state index contributed by atoms with van der Waals surface area (Å²) in [5.74, 6) is 1.19. The summed E-state index contributed by atoms with van der Waals surface area (Å²) in [6, 6.07) is 7.74. The molecule has 3 aromatic heterocycles. The van der Waals surface area contributed by atoms with Gasteiger partial charge in [-0.25, -0.2) is 9.37 Å². The molecule has 0 atom stereocenters. The van der Waals surface area contributed by atoms with Crippen LogP contribution in [0, 0.1) is 19.7 Å². The van der Waals surface area contributed by atoms with Crippen molar-refractivity contribution < 1.29 is 13.6 Å². The van der Waals surface area contributed by atoms with Crippen molar-refractivity contribution in [1.29, 1.82) is 0 Å². The summed E-state index contributed by atoms with van der Waals surface area (Å²) in [6.45, 7) is 3.54. The van der Waals surface area contributed by atoms with Crippen molar-refractivity contribution >= 4 is 28.0 Å². The number of imidazole rings is 1. The van der Waals surface area contributed by atoms with Crippen LogP contribution in [0.15, 0.2) is 46.3 Å². The van der Waals surface area contributed by atoms with Gasteiger partial charge >= 0.3 is 0 Å². The van der Waals surface area contributed by atoms with Gasteiger partial charge in [-0.3, -0.25) is 9.20 Å². The number of thiazole rings is 1. The summed E-state index contributed by atoms with van der Waals surface area (Å²) in [6.07, 6.45) is 1.84. The average molecular weight is 355 g/mol. The number of halogens is 1. The first-order chi connectivity index (χ1) is 12.0. The monoisotopic (exact) mass is 355 g/mol. The Labute approximate surface area is 146 Å². The van der Waals surface area contributed by atoms with E-state index in [2.05, 4.69) is 10.3 Å². The fraction of sp³-hybridized carbons (Fsp3) is 0.111. The zero-order valence-electron chi connectivity index (χ0n) is 13.5. The van der Waals surface area contributed by atoms with Gasteiger partial charge in [0.2, 0.25) is 0 Å². The van der Waals surface area contributed by atoms with Crippen LogP contribution in [0.4, 0.5) is 10.2 Å². The lowest BCUT2D eigenvalue weighted by atomic mass is 10.1. The summed E-state index contributed by atoms with van der Waals surface area (Å²) in [4.78, 5) is 18.0. The van der Waals surface area contributed by atoms with Gasteiger partial charge in [0.15, 0.2) is 4.96 Å². The van der Waals surface area contributed by atoms with E-state index >= 15 is 0 Å². The quantitative estimate of drug-likeness (QED) is 0.581. The number of aryl methyl sites for hydroxylation is 2. The molecule has 1 aromatic carbocycles. The number of amides is 1. The van der Waals surface area contributed by atoms with Crippen molar-refractivity contribution in [3.63, 3.8) is 0 Å². The number of carbonyl (C=O) groups is 1. The summed E-state index contributed by atoms with van der Waals surface area (Å²) in [5, 5.41) is 4.81. The normalized spacial score (nSPS) is 11.2. The Morgan fingerprint density at radius 1 is 1.28 bits per heavy atom. The molecule has 0 fully saturated rings. The highest BCUT2D eigenvalue weighted by molar-refractivity contribution is 7.15. The summed E-state index contributed by atoms with van der Waals surface area (Å²) in [7, 11) is 0. The van der Waals surface area contributed by atoms with Crippen molar-refractivity contribution in [1.82, 2.24) is 9.38 Å². The van der Waals surface area contributed by atoms with Crippen LogP contribution in [0.25, 0.3) is 16.2 Å². The van der Waals surface area contributed by atoms with Crippen LogP contribution < -0.4 is 5.32 Å². The van der Waals surface area contributed by atoms with Crippen LogP contribution >= 0.6 is 11.3 Å². The molecule has 0 aliphatic carbocycles. The van der Waals surface area contributed by atoms with E-state index in [9.17, 15) is 9.18 Å². The zero-order valence-corrected chi connectivity index (χ0v) is 14.4. The Morgan fingerprint density at radius 3 is 2.72 bits per heavy atom. The zero-order chi connectivity index (χ0) is 17.6. The lowest BCUT2D eigenvalue weighted by Gasteiger charge is -2.06. The van der Waals surface area contributed by atoms with Crippen molar-refractivity contribution in [2.24, 2.45) is 0 Å². The van der Waals surface area contributed by atoms with Gasteiger partial charge in [-0.15, -0.1) is 11.3 Å². The Morgan fingerprint density at radius 2 is 2.04 bits per heavy atom. The van der Waals surface area contributed by atoms with E-state index in [1.165, 1.54) is 23.5 Å². The van der Waals surface area contributed by atoms with Crippen LogP contribution in [-0.4, -0.2) is 15.3 Å². The first-order valence-electron chi connectivity index (χ1n) is 7.63. The van der Waals surface area contributed by atoms with Crippen LogP contribution in [0.3, 0.4) is 0 Å². The minimum atomic E-state index is -0.320. The molecule has 7 heteroatoms. The Kier molecular flexibility index (Phi) is 3.65. The second kappa shape index (κ2) is 5.86. The third-order valence-corrected chi connectivity index (χ3v) is 4.65. The summed E-state index contributed by atoms with van der Waals surface area (Å²) < 4.78 is 20.5. The fourth-order valence-electron chi connectivity index (χ4n) is 2.75. The van der Waals surface area contributed by atoms with Gasteiger partial charge in [0.05, 0.1) is 5.56 Å². The second-order valence-corrected chi connectivity index (χ2v) is 6.53. The molecule has 0 radical (unpaired) electrons. The van der Waals surface area contributed by atoms with Crippen molar-refractivity contribution in [2.45, 2.75) is 13.8 Å². The third-order valence-electron chi connectivity index (χ3n) is 3.90. The lowest BCUT2D eigenvalue weighted by molar-refractivity contribution is 0.102. The Bertz CT molecular complexity index is 1080. The molecule has 0 saturated carbocycles. The number of furan rings is 1. The first kappa shape index (κ1) is 15.6. The minimum Gasteiger partial charge on any atom is -0.466 e. The molecule has 0 unspecified atom stereocenters. The molecule has 5 nitrogen and oxygen atoms in total. The highest BCUT2D eigenvalue weighted by Crippen LogP contribution is 2.31. The number of carbonyl (C=O) groups excluding carboxylic acids is 1. The number of rotatable bonds is 3. The van der Waals surface area contributed by atoms with Crippen LogP contribution in [0.2, 0.25) is 0 Å². The van der Waals surface area contributed by atoms with E-state index < -0.39 is 0 Å². The predicted molar refractivity (Wildman–Crippen MR) is 94.6 cm³/mol. The maximum atomic E-state index is 13.2. The van der Waals surface area contributed by atoms with Gasteiger partial charge < -0.3 is 9.73 Å². The molecule has 0 spiro atoms. The molecule has 0 aliphatic rings. The van der Waals surface area contributed by atoms with Gasteiger partial charge in [-0.2, -0.15) is 0 Å². The third kappa shape index (κ3) is 2.72. The first-order valence-corrected chi connectivity index (χ1v) is 8.51. The van der Waals surface area contributed by atoms with Crippen LogP contribution in [0.1, 0.15) is 21.9 Å². The summed E-state index contributed by atoms with van der Waals surface area (Å²) in [5.41, 5.74) is 1.80. The molecular formula is C18H14FN3O2S. The van der Waals surface area contributed by atoms with Gasteiger partial charge in [-0.05, 0) is 44.2 Å². The molecule has 0 aliphatic heterocycles. The van der Waals surface area contributed by atoms with Crippen molar-refractivity contribution in [2.75, 3.05) is 5.32 Å². The molecule has 0 bridgehead atoms. The van der Waals surface area contributed by atoms with E-state index in [1.54, 1.807) is 32.0 Å². The van der Waals surface area contributed by atoms with E-state index in [0.717, 1.165) is 10.5 Å². The number of anilines is 1. The van der Waals surface area contributed by atoms with Gasteiger partial charge in [0, 0.05) is 17.1 Å². The molecular weight excluding hydrogens is 341 g/mol. The van der Waals surface area contributed by atoms with E-state index in [-0.39, 0.29) is 11.7 Å². The minimum absolute atomic E-state index is 0.272. The molecule has 0 saturated heterocycles. The highest BCUT2D eigenvalue weighted by Gasteiger charge is 2.20. The maximum absolute atomic E-state index is 13.2. The fourth-order valence-corrected chi connectivity index (χ4v) is 3.46. The lowest BCUT2D eigenvalue weighted by Crippen LogP contribution is -2.14. The number of nitrogens with zero attached hydrogens (tertiary/aromatic N) is 2. The van der Waals surface area contributed by atoms with Crippen LogP contribution in [-0.2, 0) is 0 Å². The van der Waals surface area contributed by atoms with E-state index in [4.69, 9.17) is 4.42 Å². The number of hydrogen-bond donors (Lipinski definition) is 1. The second-order valence-electron chi connectivity index (χ2n) is 5.65. The SMILES string of the molecule is Cc1cc(C(=O)Nc2c(-c3ccc(F)cc3)nc3sccn23)c(C)o1. The number of nitrogens with one attached hydrogen (secondary N) is 1. The topological polar surface area (TPSA) is 59.5 Å². The molecule has 1 amide bonds. The van der Waals surface area contributed by atoms with E-state index in [0.29, 0.717) is 28.6 Å². The Balaban J connectivity index is 1.79. The molecule has 4 rings (SSSR count). The average Bonchev–Trinajstić information content (AvgIpc) is 3.24. The van der Waals surface area contributed by atoms with Gasteiger partial charge in [-0.1, -0.05) is 0 Å². The number of aromatic nitrogens is 2.